The van der Waals surface area contributed by atoms with Crippen LogP contribution in [0.25, 0.3) is 0 Å². The van der Waals surface area contributed by atoms with Crippen LogP contribution in [0.2, 0.25) is 0 Å². The van der Waals surface area contributed by atoms with Gasteiger partial charge in [-0.1, -0.05) is 0 Å². The average molecular weight is 106 g/mol. The first-order valence-electron chi connectivity index (χ1n) is 0.408. The van der Waals surface area contributed by atoms with E-state index in [1.165, 1.54) is 0 Å². The van der Waals surface area contributed by atoms with Crippen LogP contribution in [0.3, 0.4) is 0 Å². The van der Waals surface area contributed by atoms with Crippen LogP contribution in [-0.4, -0.2) is 23.1 Å². The van der Waals surface area contributed by atoms with Crippen molar-refractivity contribution in [1.82, 2.24) is 0 Å². The van der Waals surface area contributed by atoms with Gasteiger partial charge >= 0.3 is 48.8 Å². The van der Waals surface area contributed by atoms with Crippen LogP contribution in [0.15, 0.2) is 0 Å². The Balaban J connectivity index is 0. The van der Waals surface area contributed by atoms with E-state index in [0.29, 0.717) is 0 Å². The Hall–Kier alpha value is 1.08. The van der Waals surface area contributed by atoms with E-state index in [9.17, 15) is 0 Å². The normalized spacial score (nSPS) is 2.00. The van der Waals surface area contributed by atoms with Crippen LogP contribution in [0.5, 0.6) is 0 Å². The first-order chi connectivity index (χ1) is 1.41. The van der Waals surface area contributed by atoms with Crippen LogP contribution in [0.4, 0.5) is 0 Å². The average Bonchev–Trinajstić information content (AvgIpc) is 0.918. The van der Waals surface area contributed by atoms with Gasteiger partial charge in [0.15, 0.2) is 0 Å². The van der Waals surface area contributed by atoms with E-state index in [4.69, 9.17) is 6.65 Å². The van der Waals surface area contributed by atoms with Crippen molar-refractivity contribution < 1.29 is 25.7 Å². The van der Waals surface area contributed by atoms with Crippen molar-refractivity contribution in [1.29, 1.82) is 0 Å². The fourth-order valence-corrected chi connectivity index (χ4v) is 0. The van der Waals surface area contributed by atoms with E-state index in [0.717, 1.165) is 0 Å². The maximum atomic E-state index is 8.50. The third-order valence-corrected chi connectivity index (χ3v) is 0. The second-order valence-electron chi connectivity index (χ2n) is 0.0833. The summed E-state index contributed by atoms with van der Waals surface area (Å²) < 4.78 is 17.0. The van der Waals surface area contributed by atoms with Crippen molar-refractivity contribution in [3.8, 4) is 0 Å². The van der Waals surface area contributed by atoms with Crippen LogP contribution in [0.1, 0.15) is 0 Å². The number of hydrogen-bond acceptors (Lipinski definition) is 2. The zero-order valence-corrected chi connectivity index (χ0v) is 2.88. The molecule has 0 unspecified atom stereocenters. The molecule has 0 bridgehead atoms. The van der Waals surface area contributed by atoms with Gasteiger partial charge in [-0.3, -0.25) is 0 Å². The van der Waals surface area contributed by atoms with Gasteiger partial charge in [0.2, 0.25) is 0 Å². The molecule has 0 aliphatic rings. The molecule has 0 aromatic heterocycles. The molecule has 0 aliphatic carbocycles. The zero-order chi connectivity index (χ0) is 2.71. The summed E-state index contributed by atoms with van der Waals surface area (Å²) >= 11 is -2.00. The predicted molar refractivity (Wildman–Crippen MR) is 9.92 cm³/mol. The molecule has 4 heteroatoms. The quantitative estimate of drug-likeness (QED) is 0.365. The Morgan fingerprint density at radius 2 is 1.25 bits per heavy atom. The second kappa shape index (κ2) is 8.95. The fourth-order valence-electron chi connectivity index (χ4n) is 0. The van der Waals surface area contributed by atoms with Crippen LogP contribution in [0, 0.1) is 0 Å². The van der Waals surface area contributed by atoms with Crippen molar-refractivity contribution >= 4 is 23.1 Å². The molecule has 0 saturated heterocycles. The van der Waals surface area contributed by atoms with Crippen molar-refractivity contribution in [2.45, 2.75) is 0 Å². The monoisotopic (exact) mass is 106 g/mol. The molecule has 0 saturated carbocycles. The standard InChI is InChI=1S/Mg.2O.Ti.2H. The molecule has 0 radical (unpaired) electrons. The van der Waals surface area contributed by atoms with E-state index in [1.54, 1.807) is 0 Å². The Morgan fingerprint density at radius 1 is 1.25 bits per heavy atom. The van der Waals surface area contributed by atoms with Gasteiger partial charge in [-0.25, -0.2) is 0 Å². The van der Waals surface area contributed by atoms with Gasteiger partial charge in [-0.05, 0) is 0 Å². The predicted octanol–water partition coefficient (Wildman–Crippen LogP) is -1.16. The van der Waals surface area contributed by atoms with Gasteiger partial charge in [0.25, 0.3) is 0 Å². The second-order valence-corrected chi connectivity index (χ2v) is 0.344. The molecule has 0 N–H and O–H groups in total. The van der Waals surface area contributed by atoms with Crippen LogP contribution >= 0.6 is 0 Å². The van der Waals surface area contributed by atoms with Crippen LogP contribution in [-0.2, 0) is 25.7 Å². The molecule has 20 valence electrons. The van der Waals surface area contributed by atoms with E-state index in [1.807, 2.05) is 0 Å². The summed E-state index contributed by atoms with van der Waals surface area (Å²) in [5.74, 6) is 0. The summed E-state index contributed by atoms with van der Waals surface area (Å²) in [6.07, 6.45) is 0. The Morgan fingerprint density at radius 3 is 1.25 bits per heavy atom. The topological polar surface area (TPSA) is 34.1 Å². The Bertz CT molecular complexity index is 27.0. The summed E-state index contributed by atoms with van der Waals surface area (Å²) in [4.78, 5) is 0. The van der Waals surface area contributed by atoms with Gasteiger partial charge in [0.1, 0.15) is 0 Å². The third-order valence-electron chi connectivity index (χ3n) is 0. The minimum atomic E-state index is -2.00. The Kier molecular flexibility index (Phi) is 19.9. The summed E-state index contributed by atoms with van der Waals surface area (Å²) in [5.41, 5.74) is 0. The summed E-state index contributed by atoms with van der Waals surface area (Å²) in [5, 5.41) is 0. The summed E-state index contributed by atoms with van der Waals surface area (Å²) in [6.45, 7) is 0. The molecule has 0 aromatic rings. The van der Waals surface area contributed by atoms with Gasteiger partial charge < -0.3 is 0 Å². The van der Waals surface area contributed by atoms with Gasteiger partial charge in [-0.2, -0.15) is 0 Å². The molecule has 0 atom stereocenters. The molecule has 0 amide bonds. The molecule has 0 fully saturated rings. The minimum absolute atomic E-state index is 0. The molecule has 0 aliphatic heterocycles. The maximum absolute atomic E-state index is 8.50. The van der Waals surface area contributed by atoms with Crippen molar-refractivity contribution in [3.05, 3.63) is 0 Å². The van der Waals surface area contributed by atoms with Gasteiger partial charge in [-0.15, -0.1) is 0 Å². The number of rotatable bonds is 0. The zero-order valence-electron chi connectivity index (χ0n) is 1.32. The first-order valence-corrected chi connectivity index (χ1v) is 1.68. The number of hydrogen-bond donors (Lipinski definition) is 0. The van der Waals surface area contributed by atoms with Gasteiger partial charge in [0.05, 0.1) is 0 Å². The van der Waals surface area contributed by atoms with E-state index < -0.39 is 19.1 Å². The molecule has 2 nitrogen and oxygen atoms in total. The molecule has 0 aromatic carbocycles. The van der Waals surface area contributed by atoms with Crippen LogP contribution < -0.4 is 0 Å². The van der Waals surface area contributed by atoms with E-state index in [2.05, 4.69) is 0 Å². The molecule has 4 heavy (non-hydrogen) atoms. The molecule has 0 heterocycles. The summed E-state index contributed by atoms with van der Waals surface area (Å²) in [7, 11) is 0. The SMILES string of the molecule is [MgH2].[O]=[Ti]=[O]. The first kappa shape index (κ1) is 8.91. The van der Waals surface area contributed by atoms with Crippen molar-refractivity contribution in [2.75, 3.05) is 0 Å². The van der Waals surface area contributed by atoms with Gasteiger partial charge in [0, 0.05) is 0 Å². The van der Waals surface area contributed by atoms with E-state index >= 15 is 0 Å². The molecular weight excluding hydrogens is 104 g/mol. The van der Waals surface area contributed by atoms with E-state index in [-0.39, 0.29) is 23.1 Å². The summed E-state index contributed by atoms with van der Waals surface area (Å²) in [6, 6.07) is 0. The van der Waals surface area contributed by atoms with Crippen molar-refractivity contribution in [2.24, 2.45) is 0 Å². The molecule has 0 spiro atoms. The fraction of sp³-hybridized carbons (Fsp3) is 0. The molecule has 0 rings (SSSR count). The third kappa shape index (κ3) is 11.4. The Labute approximate surface area is 48.7 Å². The molecular formula is H2MgO2Ti. The van der Waals surface area contributed by atoms with Crippen molar-refractivity contribution in [3.63, 3.8) is 0 Å².